The normalized spacial score (nSPS) is 13.6. The Hall–Kier alpha value is -3.47. The van der Waals surface area contributed by atoms with E-state index in [-0.39, 0.29) is 30.1 Å². The van der Waals surface area contributed by atoms with E-state index in [1.807, 2.05) is 13.0 Å². The van der Waals surface area contributed by atoms with Gasteiger partial charge in [-0.3, -0.25) is 9.59 Å². The van der Waals surface area contributed by atoms with Crippen LogP contribution in [-0.4, -0.2) is 63.5 Å². The fourth-order valence-corrected chi connectivity index (χ4v) is 4.61. The summed E-state index contributed by atoms with van der Waals surface area (Å²) < 4.78 is 52.9. The van der Waals surface area contributed by atoms with Gasteiger partial charge in [-0.1, -0.05) is 18.2 Å². The number of benzene rings is 2. The van der Waals surface area contributed by atoms with Crippen molar-refractivity contribution in [3.63, 3.8) is 0 Å². The number of amides is 1. The third-order valence-corrected chi connectivity index (χ3v) is 6.23. The number of carbonyl (C=O) groups is 2. The highest BCUT2D eigenvalue weighted by atomic mass is 19.4. The minimum Gasteiger partial charge on any atom is -0.488 e. The van der Waals surface area contributed by atoms with Crippen LogP contribution in [0.25, 0.3) is 0 Å². The molecular weight excluding hydrogens is 515 g/mol. The highest BCUT2D eigenvalue weighted by Gasteiger charge is 2.29. The Labute approximate surface area is 226 Å². The molecule has 0 saturated carbocycles. The van der Waals surface area contributed by atoms with E-state index in [0.717, 1.165) is 29.8 Å². The van der Waals surface area contributed by atoms with Crippen molar-refractivity contribution in [1.29, 1.82) is 0 Å². The van der Waals surface area contributed by atoms with Crippen molar-refractivity contribution in [2.75, 3.05) is 44.4 Å². The average molecular weight is 552 g/mol. The standard InChI is InChI=1S/C28H36F3N3O5/c1-3-37-25(35)9-6-12-34-13-10-21-16-20(17-22(26(21)34)27(32)36)15-19(2)33-11-14-38-23-7-4-5-8-24(23)39-18-28(29,30)31/h4-5,7-8,16-17,19,33H,3,6,9-15,18H2,1-2H3,(H2,32,36)/t19-/m1/s1. The van der Waals surface area contributed by atoms with Gasteiger partial charge in [0.2, 0.25) is 0 Å². The van der Waals surface area contributed by atoms with Gasteiger partial charge in [0, 0.05) is 32.1 Å². The largest absolute Gasteiger partial charge is 0.488 e. The van der Waals surface area contributed by atoms with E-state index >= 15 is 0 Å². The zero-order valence-corrected chi connectivity index (χ0v) is 22.3. The molecule has 0 saturated heterocycles. The van der Waals surface area contributed by atoms with Crippen LogP contribution in [0.15, 0.2) is 36.4 Å². The second kappa shape index (κ2) is 14.1. The van der Waals surface area contributed by atoms with Crippen molar-refractivity contribution in [2.24, 2.45) is 5.73 Å². The molecule has 0 aliphatic carbocycles. The number of ether oxygens (including phenoxy) is 3. The zero-order chi connectivity index (χ0) is 28.4. The summed E-state index contributed by atoms with van der Waals surface area (Å²) >= 11 is 0. The first-order valence-corrected chi connectivity index (χ1v) is 13.1. The highest BCUT2D eigenvalue weighted by molar-refractivity contribution is 6.00. The number of fused-ring (bicyclic) bond motifs is 1. The quantitative estimate of drug-likeness (QED) is 0.255. The molecule has 0 bridgehead atoms. The van der Waals surface area contributed by atoms with Crippen LogP contribution in [0.2, 0.25) is 0 Å². The van der Waals surface area contributed by atoms with Crippen LogP contribution in [0.1, 0.15) is 48.2 Å². The van der Waals surface area contributed by atoms with Crippen LogP contribution in [0.3, 0.4) is 0 Å². The Morgan fingerprint density at radius 3 is 2.54 bits per heavy atom. The molecule has 2 aromatic carbocycles. The van der Waals surface area contributed by atoms with E-state index in [9.17, 15) is 22.8 Å². The first kappa shape index (κ1) is 30.1. The Morgan fingerprint density at radius 1 is 1.15 bits per heavy atom. The van der Waals surface area contributed by atoms with Crippen molar-refractivity contribution in [1.82, 2.24) is 5.32 Å². The molecule has 3 rings (SSSR count). The number of halogens is 3. The van der Waals surface area contributed by atoms with Crippen LogP contribution in [0, 0.1) is 0 Å². The summed E-state index contributed by atoms with van der Waals surface area (Å²) in [6.45, 7) is 4.81. The topological polar surface area (TPSA) is 103 Å². The predicted molar refractivity (Wildman–Crippen MR) is 141 cm³/mol. The molecular formula is C28H36F3N3O5. The van der Waals surface area contributed by atoms with Crippen molar-refractivity contribution in [3.8, 4) is 11.5 Å². The number of nitrogens with one attached hydrogen (secondary N) is 1. The molecule has 3 N–H and O–H groups in total. The molecule has 11 heteroatoms. The van der Waals surface area contributed by atoms with Crippen LogP contribution < -0.4 is 25.4 Å². The fourth-order valence-electron chi connectivity index (χ4n) is 4.61. The van der Waals surface area contributed by atoms with Crippen LogP contribution in [0.5, 0.6) is 11.5 Å². The number of nitrogens with zero attached hydrogens (tertiary/aromatic N) is 1. The molecule has 8 nitrogen and oxygen atoms in total. The number of nitrogens with two attached hydrogens (primary N) is 1. The Kier molecular flexibility index (Phi) is 10.8. The Morgan fingerprint density at radius 2 is 1.87 bits per heavy atom. The van der Waals surface area contributed by atoms with E-state index in [1.54, 1.807) is 25.1 Å². The maximum atomic E-state index is 12.5. The molecule has 0 fully saturated rings. The number of hydrogen-bond acceptors (Lipinski definition) is 7. The number of carbonyl (C=O) groups excluding carboxylic acids is 2. The summed E-state index contributed by atoms with van der Waals surface area (Å²) in [6.07, 6.45) is -2.06. The monoisotopic (exact) mass is 551 g/mol. The van der Waals surface area contributed by atoms with E-state index < -0.39 is 18.7 Å². The number of para-hydroxylation sites is 2. The molecule has 0 aromatic heterocycles. The van der Waals surface area contributed by atoms with Gasteiger partial charge in [0.05, 0.1) is 17.9 Å². The number of esters is 1. The first-order valence-electron chi connectivity index (χ1n) is 13.1. The maximum Gasteiger partial charge on any atom is 0.422 e. The molecule has 214 valence electrons. The van der Waals surface area contributed by atoms with Gasteiger partial charge in [-0.2, -0.15) is 13.2 Å². The molecule has 1 amide bonds. The molecule has 1 atom stereocenters. The van der Waals surface area contributed by atoms with Crippen molar-refractivity contribution in [2.45, 2.75) is 51.7 Å². The predicted octanol–water partition coefficient (Wildman–Crippen LogP) is 4.03. The fraction of sp³-hybridized carbons (Fsp3) is 0.500. The van der Waals surface area contributed by atoms with Gasteiger partial charge in [0.15, 0.2) is 18.1 Å². The van der Waals surface area contributed by atoms with E-state index in [1.165, 1.54) is 6.07 Å². The second-order valence-corrected chi connectivity index (χ2v) is 9.42. The summed E-state index contributed by atoms with van der Waals surface area (Å²) in [4.78, 5) is 26.1. The van der Waals surface area contributed by atoms with E-state index in [2.05, 4.69) is 16.3 Å². The molecule has 1 aliphatic rings. The number of alkyl halides is 3. The lowest BCUT2D eigenvalue weighted by molar-refractivity contribution is -0.153. The number of primary amides is 1. The maximum absolute atomic E-state index is 12.5. The van der Waals surface area contributed by atoms with Crippen LogP contribution in [0.4, 0.5) is 18.9 Å². The molecule has 1 heterocycles. The van der Waals surface area contributed by atoms with Gasteiger partial charge in [0.1, 0.15) is 6.61 Å². The Balaban J connectivity index is 1.52. The lowest BCUT2D eigenvalue weighted by atomic mass is 9.98. The van der Waals surface area contributed by atoms with Gasteiger partial charge in [0.25, 0.3) is 5.91 Å². The summed E-state index contributed by atoms with van der Waals surface area (Å²) in [7, 11) is 0. The van der Waals surface area contributed by atoms with Crippen molar-refractivity contribution >= 4 is 17.6 Å². The number of hydrogen-bond donors (Lipinski definition) is 2. The summed E-state index contributed by atoms with van der Waals surface area (Å²) in [5.41, 5.74) is 9.08. The minimum atomic E-state index is -4.43. The number of anilines is 1. The molecule has 1 aliphatic heterocycles. The van der Waals surface area contributed by atoms with Crippen molar-refractivity contribution < 1.29 is 37.0 Å². The number of rotatable bonds is 15. The highest BCUT2D eigenvalue weighted by Crippen LogP contribution is 2.34. The SMILES string of the molecule is CCOC(=O)CCCN1CCc2cc(C[C@@H](C)NCCOc3ccccc3OCC(F)(F)F)cc(C(N)=O)c21. The van der Waals surface area contributed by atoms with Gasteiger partial charge in [-0.05, 0) is 62.4 Å². The molecule has 0 unspecified atom stereocenters. The summed E-state index contributed by atoms with van der Waals surface area (Å²) in [5.74, 6) is -0.443. The van der Waals surface area contributed by atoms with Gasteiger partial charge >= 0.3 is 12.1 Å². The summed E-state index contributed by atoms with van der Waals surface area (Å²) in [5, 5.41) is 3.33. The van der Waals surface area contributed by atoms with Crippen molar-refractivity contribution in [3.05, 3.63) is 53.1 Å². The van der Waals surface area contributed by atoms with Gasteiger partial charge in [-0.15, -0.1) is 0 Å². The van der Waals surface area contributed by atoms with E-state index in [4.69, 9.17) is 19.9 Å². The first-order chi connectivity index (χ1) is 18.6. The summed E-state index contributed by atoms with van der Waals surface area (Å²) in [6, 6.07) is 10.2. The zero-order valence-electron chi connectivity index (χ0n) is 22.3. The smallest absolute Gasteiger partial charge is 0.422 e. The lowest BCUT2D eigenvalue weighted by Gasteiger charge is -2.22. The van der Waals surface area contributed by atoms with Crippen LogP contribution in [-0.2, 0) is 22.4 Å². The third-order valence-electron chi connectivity index (χ3n) is 6.23. The third kappa shape index (κ3) is 9.35. The van der Waals surface area contributed by atoms with Gasteiger partial charge in [-0.25, -0.2) is 0 Å². The minimum absolute atomic E-state index is 0.0335. The average Bonchev–Trinajstić information content (AvgIpc) is 3.27. The van der Waals surface area contributed by atoms with Gasteiger partial charge < -0.3 is 30.2 Å². The molecule has 2 aromatic rings. The molecule has 0 radical (unpaired) electrons. The molecule has 39 heavy (non-hydrogen) atoms. The Bertz CT molecular complexity index is 1130. The lowest BCUT2D eigenvalue weighted by Crippen LogP contribution is -2.32. The van der Waals surface area contributed by atoms with Crippen LogP contribution >= 0.6 is 0 Å². The second-order valence-electron chi connectivity index (χ2n) is 9.42. The van der Waals surface area contributed by atoms with E-state index in [0.29, 0.717) is 44.5 Å². The molecule has 0 spiro atoms.